The van der Waals surface area contributed by atoms with Crippen LogP contribution in [0.1, 0.15) is 27.1 Å². The minimum absolute atomic E-state index is 0.115. The normalized spacial score (nSPS) is 13.8. The van der Waals surface area contributed by atoms with Gasteiger partial charge < -0.3 is 19.7 Å². The van der Waals surface area contributed by atoms with Gasteiger partial charge in [0.15, 0.2) is 0 Å². The lowest BCUT2D eigenvalue weighted by Crippen LogP contribution is -2.49. The molecule has 2 amide bonds. The van der Waals surface area contributed by atoms with E-state index >= 15 is 0 Å². The average molecular weight is 454 g/mol. The van der Waals surface area contributed by atoms with Gasteiger partial charge in [0.1, 0.15) is 11.0 Å². The van der Waals surface area contributed by atoms with Gasteiger partial charge in [0.2, 0.25) is 0 Å². The summed E-state index contributed by atoms with van der Waals surface area (Å²) in [5, 5.41) is 3.13. The van der Waals surface area contributed by atoms with E-state index in [1.54, 1.807) is 48.0 Å². The maximum absolute atomic E-state index is 12.7. The highest BCUT2D eigenvalue weighted by Gasteiger charge is 2.24. The van der Waals surface area contributed by atoms with Crippen LogP contribution in [0.25, 0.3) is 0 Å². The van der Waals surface area contributed by atoms with Crippen LogP contribution in [0, 0.1) is 0 Å². The SMILES string of the molecule is O=C(NCCCn1ccnc1)c1ccc(N2CCN(C(=O)c3cccnc3Cl)CC2)nc1. The van der Waals surface area contributed by atoms with E-state index in [2.05, 4.69) is 25.2 Å². The van der Waals surface area contributed by atoms with Crippen molar-refractivity contribution in [1.29, 1.82) is 0 Å². The summed E-state index contributed by atoms with van der Waals surface area (Å²) in [5.41, 5.74) is 0.942. The number of halogens is 1. The van der Waals surface area contributed by atoms with Crippen LogP contribution in [0.4, 0.5) is 5.82 Å². The zero-order valence-corrected chi connectivity index (χ0v) is 18.3. The van der Waals surface area contributed by atoms with Crippen LogP contribution in [0.3, 0.4) is 0 Å². The Hall–Kier alpha value is -3.46. The number of nitrogens with one attached hydrogen (secondary N) is 1. The number of carbonyl (C=O) groups is 2. The third-order valence-electron chi connectivity index (χ3n) is 5.33. The number of aryl methyl sites for hydroxylation is 1. The molecule has 32 heavy (non-hydrogen) atoms. The van der Waals surface area contributed by atoms with Crippen molar-refractivity contribution in [3.63, 3.8) is 0 Å². The van der Waals surface area contributed by atoms with E-state index in [1.807, 2.05) is 16.8 Å². The fourth-order valence-corrected chi connectivity index (χ4v) is 3.75. The van der Waals surface area contributed by atoms with Crippen LogP contribution < -0.4 is 10.2 Å². The van der Waals surface area contributed by atoms with Crippen molar-refractivity contribution in [1.82, 2.24) is 29.7 Å². The van der Waals surface area contributed by atoms with Crippen LogP contribution in [0.2, 0.25) is 5.15 Å². The molecule has 0 aromatic carbocycles. The predicted octanol–water partition coefficient (Wildman–Crippen LogP) is 2.11. The van der Waals surface area contributed by atoms with E-state index in [0.29, 0.717) is 43.9 Å². The number of anilines is 1. The molecule has 0 aliphatic carbocycles. The van der Waals surface area contributed by atoms with Gasteiger partial charge in [-0.2, -0.15) is 0 Å². The summed E-state index contributed by atoms with van der Waals surface area (Å²) in [6, 6.07) is 7.01. The number of nitrogens with zero attached hydrogens (tertiary/aromatic N) is 6. The molecule has 0 atom stereocenters. The zero-order chi connectivity index (χ0) is 22.3. The molecule has 1 saturated heterocycles. The molecular weight excluding hydrogens is 430 g/mol. The van der Waals surface area contributed by atoms with Crippen LogP contribution >= 0.6 is 11.6 Å². The number of carbonyl (C=O) groups excluding carboxylic acids is 2. The molecule has 10 heteroatoms. The molecule has 1 aliphatic rings. The molecule has 3 aromatic rings. The zero-order valence-electron chi connectivity index (χ0n) is 17.5. The first-order valence-electron chi connectivity index (χ1n) is 10.5. The van der Waals surface area contributed by atoms with Gasteiger partial charge in [0.25, 0.3) is 11.8 Å². The Morgan fingerprint density at radius 3 is 2.59 bits per heavy atom. The van der Waals surface area contributed by atoms with Crippen molar-refractivity contribution in [2.75, 3.05) is 37.6 Å². The second-order valence-electron chi connectivity index (χ2n) is 7.44. The smallest absolute Gasteiger partial charge is 0.257 e. The lowest BCUT2D eigenvalue weighted by molar-refractivity contribution is 0.0746. The number of imidazole rings is 1. The molecule has 1 aliphatic heterocycles. The van der Waals surface area contributed by atoms with Gasteiger partial charge >= 0.3 is 0 Å². The summed E-state index contributed by atoms with van der Waals surface area (Å²) >= 11 is 6.05. The van der Waals surface area contributed by atoms with Gasteiger partial charge in [0.05, 0.1) is 17.5 Å². The maximum atomic E-state index is 12.7. The molecule has 4 heterocycles. The third kappa shape index (κ3) is 5.23. The summed E-state index contributed by atoms with van der Waals surface area (Å²) in [5.74, 6) is 0.530. The number of pyridine rings is 2. The highest BCUT2D eigenvalue weighted by Crippen LogP contribution is 2.18. The van der Waals surface area contributed by atoms with E-state index < -0.39 is 0 Å². The van der Waals surface area contributed by atoms with E-state index in [9.17, 15) is 9.59 Å². The average Bonchev–Trinajstić information content (AvgIpc) is 3.35. The van der Waals surface area contributed by atoms with Crippen LogP contribution in [-0.2, 0) is 6.54 Å². The molecule has 0 spiro atoms. The quantitative estimate of drug-likeness (QED) is 0.435. The molecule has 0 unspecified atom stereocenters. The Bertz CT molecular complexity index is 1050. The van der Waals surface area contributed by atoms with Crippen molar-refractivity contribution in [2.45, 2.75) is 13.0 Å². The number of hydrogen-bond acceptors (Lipinski definition) is 6. The van der Waals surface area contributed by atoms with Crippen molar-refractivity contribution >= 4 is 29.2 Å². The van der Waals surface area contributed by atoms with E-state index in [0.717, 1.165) is 18.8 Å². The first-order valence-corrected chi connectivity index (χ1v) is 10.8. The molecule has 0 saturated carbocycles. The van der Waals surface area contributed by atoms with E-state index in [4.69, 9.17) is 11.6 Å². The summed E-state index contributed by atoms with van der Waals surface area (Å²) in [6.07, 6.45) is 9.37. The lowest BCUT2D eigenvalue weighted by Gasteiger charge is -2.35. The van der Waals surface area contributed by atoms with Crippen molar-refractivity contribution in [3.8, 4) is 0 Å². The second kappa shape index (κ2) is 10.2. The minimum atomic E-state index is -0.140. The highest BCUT2D eigenvalue weighted by molar-refractivity contribution is 6.32. The first kappa shape index (κ1) is 21.8. The Labute approximate surface area is 191 Å². The van der Waals surface area contributed by atoms with Crippen LogP contribution in [-0.4, -0.2) is 69.0 Å². The molecule has 0 radical (unpaired) electrons. The molecule has 1 N–H and O–H groups in total. The van der Waals surface area contributed by atoms with Gasteiger partial charge in [-0.25, -0.2) is 15.0 Å². The largest absolute Gasteiger partial charge is 0.353 e. The van der Waals surface area contributed by atoms with E-state index in [1.165, 1.54) is 0 Å². The standard InChI is InChI=1S/C22H24ClN7O2/c23-20-18(3-1-6-25-20)22(32)30-13-11-29(12-14-30)19-5-4-17(15-27-19)21(31)26-7-2-9-28-10-8-24-16-28/h1,3-6,8,10,15-16H,2,7,9,11-14H2,(H,26,31). The summed E-state index contributed by atoms with van der Waals surface area (Å²) in [4.78, 5) is 41.3. The summed E-state index contributed by atoms with van der Waals surface area (Å²) in [7, 11) is 0. The van der Waals surface area contributed by atoms with Gasteiger partial charge in [0, 0.05) is 64.1 Å². The van der Waals surface area contributed by atoms with Crippen LogP contribution in [0.5, 0.6) is 0 Å². The first-order chi connectivity index (χ1) is 15.6. The molecule has 0 bridgehead atoms. The molecule has 4 rings (SSSR count). The number of piperazine rings is 1. The van der Waals surface area contributed by atoms with Gasteiger partial charge in [-0.05, 0) is 30.7 Å². The monoisotopic (exact) mass is 453 g/mol. The van der Waals surface area contributed by atoms with Crippen molar-refractivity contribution in [2.24, 2.45) is 0 Å². The molecule has 166 valence electrons. The van der Waals surface area contributed by atoms with E-state index in [-0.39, 0.29) is 17.0 Å². The number of hydrogen-bond donors (Lipinski definition) is 1. The Morgan fingerprint density at radius 2 is 1.91 bits per heavy atom. The second-order valence-corrected chi connectivity index (χ2v) is 7.79. The maximum Gasteiger partial charge on any atom is 0.257 e. The Kier molecular flexibility index (Phi) is 6.96. The van der Waals surface area contributed by atoms with Gasteiger partial charge in [-0.3, -0.25) is 9.59 Å². The summed E-state index contributed by atoms with van der Waals surface area (Å²) in [6.45, 7) is 3.80. The van der Waals surface area contributed by atoms with Crippen molar-refractivity contribution < 1.29 is 9.59 Å². The third-order valence-corrected chi connectivity index (χ3v) is 5.63. The Balaban J connectivity index is 1.25. The predicted molar refractivity (Wildman–Crippen MR) is 121 cm³/mol. The molecular formula is C22H24ClN7O2. The summed E-state index contributed by atoms with van der Waals surface area (Å²) < 4.78 is 1.97. The number of rotatable bonds is 7. The topological polar surface area (TPSA) is 96.2 Å². The molecule has 9 nitrogen and oxygen atoms in total. The molecule has 3 aromatic heterocycles. The Morgan fingerprint density at radius 1 is 1.06 bits per heavy atom. The lowest BCUT2D eigenvalue weighted by atomic mass is 10.2. The number of amides is 2. The molecule has 1 fully saturated rings. The fraction of sp³-hybridized carbons (Fsp3) is 0.318. The van der Waals surface area contributed by atoms with Crippen LogP contribution in [0.15, 0.2) is 55.4 Å². The number of aromatic nitrogens is 4. The highest BCUT2D eigenvalue weighted by atomic mass is 35.5. The van der Waals surface area contributed by atoms with Crippen molar-refractivity contribution in [3.05, 3.63) is 71.7 Å². The van der Waals surface area contributed by atoms with Gasteiger partial charge in [-0.15, -0.1) is 0 Å². The van der Waals surface area contributed by atoms with Gasteiger partial charge in [-0.1, -0.05) is 11.6 Å². The minimum Gasteiger partial charge on any atom is -0.353 e. The fourth-order valence-electron chi connectivity index (χ4n) is 3.55.